The number of para-hydroxylation sites is 2. The van der Waals surface area contributed by atoms with E-state index in [9.17, 15) is 0 Å². The van der Waals surface area contributed by atoms with Crippen LogP contribution in [0, 0.1) is 0 Å². The molecule has 1 aromatic carbocycles. The Morgan fingerprint density at radius 1 is 1.19 bits per heavy atom. The Labute approximate surface area is 158 Å². The number of hydrogen-bond acceptors (Lipinski definition) is 5. The summed E-state index contributed by atoms with van der Waals surface area (Å²) in [5.41, 5.74) is 4.24. The Balaban J connectivity index is 1.26. The van der Waals surface area contributed by atoms with Crippen molar-refractivity contribution in [3.63, 3.8) is 0 Å². The molecule has 3 aromatic rings. The number of likely N-dealkylation sites (tertiary alicyclic amines) is 1. The predicted octanol–water partition coefficient (Wildman–Crippen LogP) is 3.81. The fourth-order valence-corrected chi connectivity index (χ4v) is 4.18. The molecule has 0 radical (unpaired) electrons. The fourth-order valence-electron chi connectivity index (χ4n) is 3.38. The molecule has 0 atom stereocenters. The lowest BCUT2D eigenvalue weighted by molar-refractivity contribution is 0.326. The number of thiazole rings is 1. The van der Waals surface area contributed by atoms with E-state index in [1.54, 1.807) is 11.3 Å². The highest BCUT2D eigenvalue weighted by molar-refractivity contribution is 7.09. The number of benzene rings is 1. The van der Waals surface area contributed by atoms with Crippen LogP contribution in [0.25, 0.3) is 16.7 Å². The van der Waals surface area contributed by atoms with E-state index in [0.29, 0.717) is 0 Å². The van der Waals surface area contributed by atoms with E-state index in [0.717, 1.165) is 65.9 Å². The van der Waals surface area contributed by atoms with Crippen LogP contribution in [-0.4, -0.2) is 39.5 Å². The third-order valence-electron chi connectivity index (χ3n) is 4.83. The van der Waals surface area contributed by atoms with Crippen molar-refractivity contribution in [2.45, 2.75) is 32.2 Å². The number of fused-ring (bicyclic) bond motifs is 1. The molecule has 1 aliphatic rings. The van der Waals surface area contributed by atoms with E-state index < -0.39 is 0 Å². The summed E-state index contributed by atoms with van der Waals surface area (Å²) in [6.07, 6.45) is 4.80. The zero-order valence-corrected chi connectivity index (χ0v) is 15.8. The van der Waals surface area contributed by atoms with Gasteiger partial charge in [-0.1, -0.05) is 18.7 Å². The number of aromatic amines is 1. The molecule has 4 rings (SSSR count). The number of nitrogens with zero attached hydrogens (tertiary/aromatic N) is 3. The Morgan fingerprint density at radius 3 is 2.88 bits per heavy atom. The highest BCUT2D eigenvalue weighted by Crippen LogP contribution is 2.23. The largest absolute Gasteiger partial charge is 0.370 e. The van der Waals surface area contributed by atoms with Crippen LogP contribution in [0.5, 0.6) is 0 Å². The molecular weight excluding hydrogens is 342 g/mol. The van der Waals surface area contributed by atoms with Crippen LogP contribution in [-0.2, 0) is 13.0 Å². The number of hydrogen-bond donors (Lipinski definition) is 2. The molecule has 1 saturated heterocycles. The number of aromatic nitrogens is 3. The quantitative estimate of drug-likeness (QED) is 0.624. The first-order chi connectivity index (χ1) is 12.8. The molecule has 0 unspecified atom stereocenters. The maximum absolute atomic E-state index is 4.78. The second-order valence-corrected chi connectivity index (χ2v) is 7.69. The van der Waals surface area contributed by atoms with Gasteiger partial charge in [-0.3, -0.25) is 0 Å². The molecule has 5 nitrogen and oxygen atoms in total. The van der Waals surface area contributed by atoms with Crippen LogP contribution in [0.2, 0.25) is 0 Å². The molecule has 6 heteroatoms. The van der Waals surface area contributed by atoms with Gasteiger partial charge in [-0.25, -0.2) is 9.97 Å². The molecule has 0 aliphatic carbocycles. The van der Waals surface area contributed by atoms with Crippen molar-refractivity contribution >= 4 is 28.1 Å². The molecule has 1 fully saturated rings. The fraction of sp³-hybridized carbons (Fsp3) is 0.400. The number of H-pyrrole nitrogens is 1. The minimum atomic E-state index is 0.743. The van der Waals surface area contributed by atoms with Gasteiger partial charge in [-0.15, -0.1) is 11.3 Å². The molecule has 0 amide bonds. The lowest BCUT2D eigenvalue weighted by Crippen LogP contribution is -2.27. The number of imidazole rings is 1. The average Bonchev–Trinajstić information content (AvgIpc) is 3.32. The van der Waals surface area contributed by atoms with E-state index in [2.05, 4.69) is 38.2 Å². The summed E-state index contributed by atoms with van der Waals surface area (Å²) in [4.78, 5) is 15.1. The van der Waals surface area contributed by atoms with Crippen LogP contribution in [0.4, 0.5) is 0 Å². The standard InChI is InChI=1S/C20H25N5S/c1-15(25-11-5-2-6-12-25)18-14-26-20(24-18)9-10-21-13-19-22-16-7-3-4-8-17(16)23-19/h3-4,7-8,14,21H,1-2,5-6,9-13H2,(H,22,23). The normalized spacial score (nSPS) is 14.8. The summed E-state index contributed by atoms with van der Waals surface area (Å²) in [5, 5.41) is 6.76. The van der Waals surface area contributed by atoms with Crippen molar-refractivity contribution in [3.05, 3.63) is 52.8 Å². The summed E-state index contributed by atoms with van der Waals surface area (Å²) in [5.74, 6) is 0.976. The molecule has 136 valence electrons. The van der Waals surface area contributed by atoms with Crippen LogP contribution in [0.3, 0.4) is 0 Å². The summed E-state index contributed by atoms with van der Waals surface area (Å²) in [6, 6.07) is 8.12. The van der Waals surface area contributed by atoms with E-state index in [1.165, 1.54) is 19.3 Å². The first-order valence-electron chi connectivity index (χ1n) is 9.32. The Kier molecular flexibility index (Phi) is 5.32. The van der Waals surface area contributed by atoms with Crippen LogP contribution in [0.15, 0.2) is 36.2 Å². The Morgan fingerprint density at radius 2 is 2.04 bits per heavy atom. The van der Waals surface area contributed by atoms with Gasteiger partial charge in [0.05, 0.1) is 34.0 Å². The Bertz CT molecular complexity index is 842. The Hall–Kier alpha value is -2.18. The third-order valence-corrected chi connectivity index (χ3v) is 5.74. The van der Waals surface area contributed by atoms with Gasteiger partial charge in [0.2, 0.25) is 0 Å². The molecular formula is C20H25N5S. The van der Waals surface area contributed by atoms with E-state index in [-0.39, 0.29) is 0 Å². The van der Waals surface area contributed by atoms with E-state index in [1.807, 2.05) is 18.2 Å². The average molecular weight is 368 g/mol. The minimum Gasteiger partial charge on any atom is -0.370 e. The molecule has 2 aromatic heterocycles. The number of rotatable bonds is 7. The molecule has 26 heavy (non-hydrogen) atoms. The van der Waals surface area contributed by atoms with Gasteiger partial charge in [0.1, 0.15) is 5.82 Å². The smallest absolute Gasteiger partial charge is 0.121 e. The van der Waals surface area contributed by atoms with Gasteiger partial charge >= 0.3 is 0 Å². The lowest BCUT2D eigenvalue weighted by Gasteiger charge is -2.29. The van der Waals surface area contributed by atoms with Crippen molar-refractivity contribution < 1.29 is 0 Å². The van der Waals surface area contributed by atoms with Crippen molar-refractivity contribution in [1.82, 2.24) is 25.2 Å². The lowest BCUT2D eigenvalue weighted by atomic mass is 10.1. The molecule has 0 bridgehead atoms. The summed E-state index contributed by atoms with van der Waals surface area (Å²) >= 11 is 1.73. The summed E-state index contributed by atoms with van der Waals surface area (Å²) in [7, 11) is 0. The van der Waals surface area contributed by atoms with E-state index >= 15 is 0 Å². The van der Waals surface area contributed by atoms with Crippen LogP contribution >= 0.6 is 11.3 Å². The molecule has 2 N–H and O–H groups in total. The monoisotopic (exact) mass is 367 g/mol. The van der Waals surface area contributed by atoms with Crippen molar-refractivity contribution in [2.24, 2.45) is 0 Å². The van der Waals surface area contributed by atoms with Gasteiger partial charge < -0.3 is 15.2 Å². The summed E-state index contributed by atoms with van der Waals surface area (Å²) < 4.78 is 0. The van der Waals surface area contributed by atoms with Crippen molar-refractivity contribution in [2.75, 3.05) is 19.6 Å². The van der Waals surface area contributed by atoms with Crippen molar-refractivity contribution in [1.29, 1.82) is 0 Å². The van der Waals surface area contributed by atoms with Gasteiger partial charge in [-0.05, 0) is 31.4 Å². The van der Waals surface area contributed by atoms with Gasteiger partial charge in [0, 0.05) is 31.4 Å². The van der Waals surface area contributed by atoms with E-state index in [4.69, 9.17) is 4.98 Å². The van der Waals surface area contributed by atoms with Gasteiger partial charge in [0.25, 0.3) is 0 Å². The maximum Gasteiger partial charge on any atom is 0.121 e. The molecule has 3 heterocycles. The SMILES string of the molecule is C=C(c1csc(CCNCc2nc3ccccc3[nH]2)n1)N1CCCCC1. The molecule has 1 aliphatic heterocycles. The zero-order chi connectivity index (χ0) is 17.8. The third kappa shape index (κ3) is 3.97. The second kappa shape index (κ2) is 8.01. The topological polar surface area (TPSA) is 56.8 Å². The maximum atomic E-state index is 4.78. The van der Waals surface area contributed by atoms with Gasteiger partial charge in [-0.2, -0.15) is 0 Å². The second-order valence-electron chi connectivity index (χ2n) is 6.75. The predicted molar refractivity (Wildman–Crippen MR) is 108 cm³/mol. The van der Waals surface area contributed by atoms with Crippen LogP contribution in [0.1, 0.15) is 35.8 Å². The molecule has 0 saturated carbocycles. The molecule has 0 spiro atoms. The first-order valence-corrected chi connectivity index (χ1v) is 10.2. The number of nitrogens with one attached hydrogen (secondary N) is 2. The highest BCUT2D eigenvalue weighted by Gasteiger charge is 2.15. The highest BCUT2D eigenvalue weighted by atomic mass is 32.1. The first kappa shape index (κ1) is 17.2. The van der Waals surface area contributed by atoms with Crippen molar-refractivity contribution in [3.8, 4) is 0 Å². The van der Waals surface area contributed by atoms with Gasteiger partial charge in [0.15, 0.2) is 0 Å². The summed E-state index contributed by atoms with van der Waals surface area (Å²) in [6.45, 7) is 8.13. The minimum absolute atomic E-state index is 0.743. The number of piperidine rings is 1. The zero-order valence-electron chi connectivity index (χ0n) is 15.0. The van der Waals surface area contributed by atoms with Crippen LogP contribution < -0.4 is 5.32 Å².